The Morgan fingerprint density at radius 2 is 1.81 bits per heavy atom. The maximum absolute atomic E-state index is 9.20. The van der Waals surface area contributed by atoms with E-state index in [0.29, 0.717) is 18.7 Å². The van der Waals surface area contributed by atoms with Crippen molar-refractivity contribution in [2.45, 2.75) is 50.7 Å². The molecule has 3 heteroatoms. The summed E-state index contributed by atoms with van der Waals surface area (Å²) in [6, 6.07) is 12.0. The Bertz CT molecular complexity index is 410. The number of hydrogen-bond acceptors (Lipinski definition) is 3. The van der Waals surface area contributed by atoms with E-state index in [9.17, 15) is 5.11 Å². The minimum absolute atomic E-state index is 0.320. The number of nitrogens with one attached hydrogen (secondary N) is 1. The first kappa shape index (κ1) is 15.0. The zero-order valence-corrected chi connectivity index (χ0v) is 12.9. The number of hydrogen-bond donors (Lipinski definition) is 2. The Kier molecular flexibility index (Phi) is 5.28. The van der Waals surface area contributed by atoms with Crippen molar-refractivity contribution in [2.24, 2.45) is 5.92 Å². The van der Waals surface area contributed by atoms with Crippen LogP contribution in [0.15, 0.2) is 30.3 Å². The van der Waals surface area contributed by atoms with Gasteiger partial charge in [-0.3, -0.25) is 4.90 Å². The van der Waals surface area contributed by atoms with Gasteiger partial charge in [0.15, 0.2) is 0 Å². The molecule has 3 rings (SSSR count). The lowest BCUT2D eigenvalue weighted by Crippen LogP contribution is -2.47. The maximum atomic E-state index is 9.20. The molecule has 1 heterocycles. The highest BCUT2D eigenvalue weighted by atomic mass is 16.3. The molecule has 0 aromatic heterocycles. The van der Waals surface area contributed by atoms with Gasteiger partial charge in [0.25, 0.3) is 0 Å². The Hall–Kier alpha value is -0.900. The molecule has 1 unspecified atom stereocenters. The minimum Gasteiger partial charge on any atom is -0.396 e. The van der Waals surface area contributed by atoms with Crippen molar-refractivity contribution in [1.29, 1.82) is 0 Å². The molecule has 1 saturated carbocycles. The van der Waals surface area contributed by atoms with Gasteiger partial charge in [0.05, 0.1) is 0 Å². The minimum atomic E-state index is 0.320. The molecule has 1 aliphatic carbocycles. The van der Waals surface area contributed by atoms with Crippen molar-refractivity contribution in [1.82, 2.24) is 10.2 Å². The molecule has 1 saturated heterocycles. The molecule has 2 N–H and O–H groups in total. The van der Waals surface area contributed by atoms with Gasteiger partial charge in [0, 0.05) is 25.2 Å². The van der Waals surface area contributed by atoms with E-state index in [-0.39, 0.29) is 0 Å². The van der Waals surface area contributed by atoms with E-state index in [0.717, 1.165) is 18.9 Å². The monoisotopic (exact) mass is 288 g/mol. The van der Waals surface area contributed by atoms with Gasteiger partial charge in [0.1, 0.15) is 0 Å². The number of aliphatic hydroxyl groups excluding tert-OH is 1. The summed E-state index contributed by atoms with van der Waals surface area (Å²) >= 11 is 0. The molecule has 116 valence electrons. The van der Waals surface area contributed by atoms with E-state index < -0.39 is 0 Å². The van der Waals surface area contributed by atoms with Crippen LogP contribution in [0.5, 0.6) is 0 Å². The van der Waals surface area contributed by atoms with Crippen molar-refractivity contribution < 1.29 is 5.11 Å². The molecule has 1 aromatic rings. The van der Waals surface area contributed by atoms with Crippen molar-refractivity contribution in [2.75, 3.05) is 19.7 Å². The second kappa shape index (κ2) is 7.39. The first-order chi connectivity index (χ1) is 10.3. The van der Waals surface area contributed by atoms with E-state index in [2.05, 4.69) is 40.5 Å². The van der Waals surface area contributed by atoms with E-state index in [1.54, 1.807) is 0 Å². The number of piperidine rings is 1. The fourth-order valence-electron chi connectivity index (χ4n) is 3.49. The van der Waals surface area contributed by atoms with Crippen molar-refractivity contribution in [3.63, 3.8) is 0 Å². The van der Waals surface area contributed by atoms with Crippen LogP contribution in [0.2, 0.25) is 0 Å². The van der Waals surface area contributed by atoms with Crippen LogP contribution < -0.4 is 5.32 Å². The number of likely N-dealkylation sites (tertiary alicyclic amines) is 1. The summed E-state index contributed by atoms with van der Waals surface area (Å²) in [5.41, 5.74) is 1.42. The number of aliphatic hydroxyl groups is 1. The molecular weight excluding hydrogens is 260 g/mol. The highest BCUT2D eigenvalue weighted by molar-refractivity contribution is 5.14. The number of benzene rings is 1. The van der Waals surface area contributed by atoms with Gasteiger partial charge in [-0.2, -0.15) is 0 Å². The fourth-order valence-corrected chi connectivity index (χ4v) is 3.49. The zero-order chi connectivity index (χ0) is 14.5. The molecule has 0 amide bonds. The highest BCUT2D eigenvalue weighted by Crippen LogP contribution is 2.34. The maximum Gasteiger partial charge on any atom is 0.0445 e. The first-order valence-corrected chi connectivity index (χ1v) is 8.48. The van der Waals surface area contributed by atoms with E-state index in [1.165, 1.54) is 44.3 Å². The normalized spacial score (nSPS) is 22.3. The zero-order valence-electron chi connectivity index (χ0n) is 12.9. The molecule has 0 bridgehead atoms. The largest absolute Gasteiger partial charge is 0.396 e. The van der Waals surface area contributed by atoms with Crippen molar-refractivity contribution in [3.8, 4) is 0 Å². The van der Waals surface area contributed by atoms with Crippen LogP contribution in [0.3, 0.4) is 0 Å². The summed E-state index contributed by atoms with van der Waals surface area (Å²) in [4.78, 5) is 2.56. The van der Waals surface area contributed by atoms with Gasteiger partial charge in [-0.05, 0) is 56.7 Å². The summed E-state index contributed by atoms with van der Waals surface area (Å²) in [6.45, 7) is 3.77. The first-order valence-electron chi connectivity index (χ1n) is 8.48. The van der Waals surface area contributed by atoms with Crippen LogP contribution in [0.25, 0.3) is 0 Å². The van der Waals surface area contributed by atoms with Crippen molar-refractivity contribution in [3.05, 3.63) is 35.9 Å². The summed E-state index contributed by atoms with van der Waals surface area (Å²) < 4.78 is 0. The predicted molar refractivity (Wildman–Crippen MR) is 86.1 cm³/mol. The van der Waals surface area contributed by atoms with Gasteiger partial charge in [-0.25, -0.2) is 0 Å². The smallest absolute Gasteiger partial charge is 0.0445 e. The van der Waals surface area contributed by atoms with Crippen LogP contribution in [0.1, 0.15) is 37.7 Å². The Labute approximate surface area is 128 Å². The average molecular weight is 288 g/mol. The third kappa shape index (κ3) is 4.53. The Morgan fingerprint density at radius 1 is 1.10 bits per heavy atom. The summed E-state index contributed by atoms with van der Waals surface area (Å²) in [5, 5.41) is 13.0. The lowest BCUT2D eigenvalue weighted by molar-refractivity contribution is 0.173. The van der Waals surface area contributed by atoms with Gasteiger partial charge in [-0.1, -0.05) is 30.3 Å². The molecule has 2 aliphatic rings. The third-order valence-corrected chi connectivity index (χ3v) is 4.92. The summed E-state index contributed by atoms with van der Waals surface area (Å²) in [6.07, 6.45) is 6.10. The second-order valence-electron chi connectivity index (χ2n) is 6.66. The Morgan fingerprint density at radius 3 is 2.43 bits per heavy atom. The van der Waals surface area contributed by atoms with Gasteiger partial charge in [0.2, 0.25) is 0 Å². The fraction of sp³-hybridized carbons (Fsp3) is 0.667. The molecule has 1 atom stereocenters. The molecule has 21 heavy (non-hydrogen) atoms. The van der Waals surface area contributed by atoms with Crippen LogP contribution >= 0.6 is 0 Å². The van der Waals surface area contributed by atoms with Gasteiger partial charge >= 0.3 is 0 Å². The highest BCUT2D eigenvalue weighted by Gasteiger charge is 2.32. The molecule has 1 aliphatic heterocycles. The van der Waals surface area contributed by atoms with Crippen LogP contribution in [0, 0.1) is 5.92 Å². The molecule has 1 aromatic carbocycles. The SMILES string of the molecule is OCCC(NC1CCN(Cc2ccccc2)CC1)C1CC1. The quantitative estimate of drug-likeness (QED) is 0.809. The van der Waals surface area contributed by atoms with Gasteiger partial charge < -0.3 is 10.4 Å². The van der Waals surface area contributed by atoms with Crippen LogP contribution in [0.4, 0.5) is 0 Å². The van der Waals surface area contributed by atoms with Crippen LogP contribution in [-0.2, 0) is 6.54 Å². The molecule has 0 spiro atoms. The predicted octanol–water partition coefficient (Wildman–Crippen LogP) is 2.40. The second-order valence-corrected chi connectivity index (χ2v) is 6.66. The molecule has 2 fully saturated rings. The van der Waals surface area contributed by atoms with Crippen LogP contribution in [-0.4, -0.2) is 41.8 Å². The molecule has 0 radical (unpaired) electrons. The molecule has 3 nitrogen and oxygen atoms in total. The average Bonchev–Trinajstić information content (AvgIpc) is 3.35. The standard InChI is InChI=1S/C18H28N2O/c21-13-10-18(16-6-7-16)19-17-8-11-20(12-9-17)14-15-4-2-1-3-5-15/h1-5,16-19,21H,6-14H2. The molecular formula is C18H28N2O. The third-order valence-electron chi connectivity index (χ3n) is 4.92. The Balaban J connectivity index is 1.42. The topological polar surface area (TPSA) is 35.5 Å². The van der Waals surface area contributed by atoms with Gasteiger partial charge in [-0.15, -0.1) is 0 Å². The summed E-state index contributed by atoms with van der Waals surface area (Å²) in [5.74, 6) is 0.833. The number of rotatable bonds is 7. The van der Waals surface area contributed by atoms with Crippen molar-refractivity contribution >= 4 is 0 Å². The van der Waals surface area contributed by atoms with E-state index in [1.807, 2.05) is 0 Å². The van der Waals surface area contributed by atoms with E-state index in [4.69, 9.17) is 0 Å². The number of nitrogens with zero attached hydrogens (tertiary/aromatic N) is 1. The van der Waals surface area contributed by atoms with E-state index >= 15 is 0 Å². The lowest BCUT2D eigenvalue weighted by Gasteiger charge is -2.34. The lowest BCUT2D eigenvalue weighted by atomic mass is 10.0. The summed E-state index contributed by atoms with van der Waals surface area (Å²) in [7, 11) is 0.